The van der Waals surface area contributed by atoms with Crippen molar-refractivity contribution in [1.82, 2.24) is 39.8 Å². The Hall–Kier alpha value is -0.320. The van der Waals surface area contributed by atoms with E-state index >= 15 is 0 Å². The fraction of sp³-hybridized carbons (Fsp3) is 1.00. The quantitative estimate of drug-likeness (QED) is 0.226. The summed E-state index contributed by atoms with van der Waals surface area (Å²) in [6.07, 6.45) is 1.19. The van der Waals surface area contributed by atoms with Gasteiger partial charge in [-0.1, -0.05) is 0 Å². The van der Waals surface area contributed by atoms with Crippen LogP contribution in [0, 0.1) is 0 Å². The molecule has 29 heavy (non-hydrogen) atoms. The maximum atomic E-state index is 3.22. The molecule has 8 nitrogen and oxygen atoms in total. The van der Waals surface area contributed by atoms with Crippen LogP contribution in [0.15, 0.2) is 0 Å². The highest BCUT2D eigenvalue weighted by Crippen LogP contribution is 1.99. The van der Waals surface area contributed by atoms with Crippen LogP contribution in [-0.4, -0.2) is 170 Å². The Morgan fingerprint density at radius 3 is 1.59 bits per heavy atom. The van der Waals surface area contributed by atoms with Crippen molar-refractivity contribution in [3.05, 3.63) is 0 Å². The lowest BCUT2D eigenvalue weighted by Gasteiger charge is -2.35. The molecule has 0 aromatic rings. The minimum atomic E-state index is 0.974. The molecule has 0 unspecified atom stereocenters. The summed E-state index contributed by atoms with van der Waals surface area (Å²) in [5, 5.41) is 7.93. The molecule has 0 aromatic carbocycles. The number of likely N-dealkylation sites (N-methyl/N-ethyl adjacent to an activating group) is 4. The van der Waals surface area contributed by atoms with E-state index in [0.29, 0.717) is 0 Å². The molecule has 0 rings (SSSR count). The third kappa shape index (κ3) is 17.1. The third-order valence-corrected chi connectivity index (χ3v) is 5.34. The SMILES string of the molecule is CNCCN(C)CCN(C)CCN(CCN(C)C)CN(C)N(C)CCCN(C)C. The summed E-state index contributed by atoms with van der Waals surface area (Å²) in [7, 11) is 19.5. The molecule has 0 saturated carbocycles. The molecule has 0 atom stereocenters. The molecule has 0 saturated heterocycles. The number of hydrogen-bond acceptors (Lipinski definition) is 8. The number of hydrogen-bond donors (Lipinski definition) is 1. The second kappa shape index (κ2) is 17.4. The summed E-state index contributed by atoms with van der Waals surface area (Å²) in [6, 6.07) is 0. The number of rotatable bonds is 19. The Morgan fingerprint density at radius 2 is 1.03 bits per heavy atom. The molecule has 0 amide bonds. The van der Waals surface area contributed by atoms with E-state index in [1.165, 1.54) is 6.42 Å². The van der Waals surface area contributed by atoms with Gasteiger partial charge in [0.05, 0.1) is 6.67 Å². The molecular weight excluding hydrogens is 364 g/mol. The van der Waals surface area contributed by atoms with E-state index in [0.717, 1.165) is 72.1 Å². The van der Waals surface area contributed by atoms with E-state index in [4.69, 9.17) is 0 Å². The summed E-state index contributed by atoms with van der Waals surface area (Å²) in [5.41, 5.74) is 0. The summed E-state index contributed by atoms with van der Waals surface area (Å²) in [5.74, 6) is 0. The number of hydrazine groups is 1. The molecule has 0 aliphatic heterocycles. The fourth-order valence-corrected chi connectivity index (χ4v) is 2.96. The number of nitrogens with zero attached hydrogens (tertiary/aromatic N) is 7. The van der Waals surface area contributed by atoms with E-state index < -0.39 is 0 Å². The van der Waals surface area contributed by atoms with Gasteiger partial charge in [0.15, 0.2) is 0 Å². The van der Waals surface area contributed by atoms with E-state index in [1.54, 1.807) is 0 Å². The third-order valence-electron chi connectivity index (χ3n) is 5.34. The number of nitrogens with one attached hydrogen (secondary N) is 1. The molecule has 0 bridgehead atoms. The van der Waals surface area contributed by atoms with Crippen LogP contribution in [0.2, 0.25) is 0 Å². The van der Waals surface area contributed by atoms with Crippen molar-refractivity contribution in [2.75, 3.05) is 136 Å². The van der Waals surface area contributed by atoms with Crippen LogP contribution in [0.25, 0.3) is 0 Å². The summed E-state index contributed by atoms with van der Waals surface area (Å²) < 4.78 is 0. The lowest BCUT2D eigenvalue weighted by Crippen LogP contribution is -2.48. The first kappa shape index (κ1) is 28.7. The average molecular weight is 417 g/mol. The molecule has 0 radical (unpaired) electrons. The van der Waals surface area contributed by atoms with Gasteiger partial charge in [0, 0.05) is 73.0 Å². The molecule has 0 aliphatic rings. The first-order valence-corrected chi connectivity index (χ1v) is 11.1. The Morgan fingerprint density at radius 1 is 0.517 bits per heavy atom. The standard InChI is InChI=1S/C21H52N8/c1-22-11-14-25(6)16-17-26(7)18-20-29(19-15-24(4)5)21-28(9)27(8)13-10-12-23(2)3/h22H,10-21H2,1-9H3. The van der Waals surface area contributed by atoms with Gasteiger partial charge in [0.2, 0.25) is 0 Å². The predicted octanol–water partition coefficient (Wildman–Crippen LogP) is -0.379. The van der Waals surface area contributed by atoms with E-state index in [-0.39, 0.29) is 0 Å². The van der Waals surface area contributed by atoms with Crippen LogP contribution < -0.4 is 5.32 Å². The topological polar surface area (TPSA) is 34.7 Å². The summed E-state index contributed by atoms with van der Waals surface area (Å²) >= 11 is 0. The predicted molar refractivity (Wildman–Crippen MR) is 127 cm³/mol. The molecule has 0 aliphatic carbocycles. The Labute approximate surface area is 182 Å². The van der Waals surface area contributed by atoms with Crippen molar-refractivity contribution in [2.45, 2.75) is 6.42 Å². The maximum Gasteiger partial charge on any atom is 0.0645 e. The van der Waals surface area contributed by atoms with E-state index in [2.05, 4.69) is 96.2 Å². The lowest BCUT2D eigenvalue weighted by molar-refractivity contribution is -0.0258. The van der Waals surface area contributed by atoms with Crippen LogP contribution >= 0.6 is 0 Å². The lowest BCUT2D eigenvalue weighted by atomic mass is 10.4. The zero-order valence-corrected chi connectivity index (χ0v) is 21.1. The van der Waals surface area contributed by atoms with Crippen LogP contribution in [0.1, 0.15) is 6.42 Å². The molecule has 0 aromatic heterocycles. The first-order chi connectivity index (χ1) is 13.6. The summed E-state index contributed by atoms with van der Waals surface area (Å²) in [4.78, 5) is 12.0. The van der Waals surface area contributed by atoms with Gasteiger partial charge >= 0.3 is 0 Å². The Kier molecular flexibility index (Phi) is 17.2. The molecule has 0 fully saturated rings. The van der Waals surface area contributed by atoms with Crippen LogP contribution in [0.5, 0.6) is 0 Å². The van der Waals surface area contributed by atoms with E-state index in [1.807, 2.05) is 7.05 Å². The van der Waals surface area contributed by atoms with Crippen molar-refractivity contribution in [3.63, 3.8) is 0 Å². The second-order valence-electron chi connectivity index (χ2n) is 8.97. The van der Waals surface area contributed by atoms with Crippen molar-refractivity contribution in [1.29, 1.82) is 0 Å². The zero-order chi connectivity index (χ0) is 22.2. The molecule has 0 heterocycles. The minimum Gasteiger partial charge on any atom is -0.318 e. The highest BCUT2D eigenvalue weighted by atomic mass is 15.6. The van der Waals surface area contributed by atoms with Crippen molar-refractivity contribution >= 4 is 0 Å². The Balaban J connectivity index is 4.38. The Bertz CT molecular complexity index is 367. The largest absolute Gasteiger partial charge is 0.318 e. The van der Waals surface area contributed by atoms with Gasteiger partial charge in [0.25, 0.3) is 0 Å². The van der Waals surface area contributed by atoms with Crippen molar-refractivity contribution < 1.29 is 0 Å². The van der Waals surface area contributed by atoms with Gasteiger partial charge in [-0.25, -0.2) is 10.0 Å². The monoisotopic (exact) mass is 416 g/mol. The van der Waals surface area contributed by atoms with Gasteiger partial charge in [0.1, 0.15) is 0 Å². The average Bonchev–Trinajstić information content (AvgIpc) is 2.65. The minimum absolute atomic E-state index is 0.974. The van der Waals surface area contributed by atoms with Gasteiger partial charge in [-0.15, -0.1) is 0 Å². The van der Waals surface area contributed by atoms with Crippen molar-refractivity contribution in [2.24, 2.45) is 0 Å². The highest BCUT2D eigenvalue weighted by Gasteiger charge is 2.13. The zero-order valence-electron chi connectivity index (χ0n) is 21.1. The fourth-order valence-electron chi connectivity index (χ4n) is 2.96. The van der Waals surface area contributed by atoms with E-state index in [9.17, 15) is 0 Å². The van der Waals surface area contributed by atoms with Crippen molar-refractivity contribution in [3.8, 4) is 0 Å². The maximum absolute atomic E-state index is 3.22. The second-order valence-corrected chi connectivity index (χ2v) is 8.97. The molecule has 1 N–H and O–H groups in total. The molecule has 0 spiro atoms. The van der Waals surface area contributed by atoms with Gasteiger partial charge in [-0.3, -0.25) is 4.90 Å². The van der Waals surface area contributed by atoms with Gasteiger partial charge < -0.3 is 24.9 Å². The summed E-state index contributed by atoms with van der Waals surface area (Å²) in [6.45, 7) is 12.0. The highest BCUT2D eigenvalue weighted by molar-refractivity contribution is 4.64. The smallest absolute Gasteiger partial charge is 0.0645 e. The van der Waals surface area contributed by atoms with Gasteiger partial charge in [-0.2, -0.15) is 0 Å². The van der Waals surface area contributed by atoms with Gasteiger partial charge in [-0.05, 0) is 62.3 Å². The normalized spacial score (nSPS) is 12.8. The molecular formula is C21H52N8. The molecule has 176 valence electrons. The van der Waals surface area contributed by atoms with Crippen LogP contribution in [0.3, 0.4) is 0 Å². The first-order valence-electron chi connectivity index (χ1n) is 11.1. The van der Waals surface area contributed by atoms with Crippen LogP contribution in [0.4, 0.5) is 0 Å². The molecule has 8 heteroatoms. The van der Waals surface area contributed by atoms with Crippen LogP contribution in [-0.2, 0) is 0 Å².